The molecule has 0 aromatic carbocycles. The molecule has 2 saturated heterocycles. The molecule has 0 radical (unpaired) electrons. The van der Waals surface area contributed by atoms with E-state index in [2.05, 4.69) is 35.9 Å². The number of hydrogen-bond donors (Lipinski definition) is 3. The summed E-state index contributed by atoms with van der Waals surface area (Å²) < 4.78 is 55.9. The molecule has 0 spiro atoms. The Kier molecular flexibility index (Phi) is 6.94. The van der Waals surface area contributed by atoms with Crippen LogP contribution in [0, 0.1) is 12.7 Å². The van der Waals surface area contributed by atoms with Crippen LogP contribution in [0.1, 0.15) is 42.6 Å². The average Bonchev–Trinajstić information content (AvgIpc) is 3.64. The number of pyridine rings is 2. The molecule has 3 N–H and O–H groups in total. The van der Waals surface area contributed by atoms with Gasteiger partial charge in [-0.15, -0.1) is 0 Å². The lowest BCUT2D eigenvalue weighted by Gasteiger charge is -2.42. The fourth-order valence-corrected chi connectivity index (χ4v) is 5.50. The molecule has 11 nitrogen and oxygen atoms in total. The number of H-pyrrole nitrogens is 1. The summed E-state index contributed by atoms with van der Waals surface area (Å²) in [7, 11) is 0. The minimum Gasteiger partial charge on any atom is -0.352 e. The van der Waals surface area contributed by atoms with E-state index in [0.717, 1.165) is 42.4 Å². The first-order chi connectivity index (χ1) is 20.0. The van der Waals surface area contributed by atoms with E-state index < -0.39 is 17.6 Å². The number of piperazine rings is 1. The Labute approximate surface area is 237 Å². The van der Waals surface area contributed by atoms with E-state index in [-0.39, 0.29) is 35.8 Å². The van der Waals surface area contributed by atoms with Gasteiger partial charge in [-0.1, -0.05) is 6.07 Å². The number of nitrogens with one attached hydrogen (secondary N) is 3. The first-order valence-electron chi connectivity index (χ1n) is 13.4. The second-order valence-electron chi connectivity index (χ2n) is 10.6. The summed E-state index contributed by atoms with van der Waals surface area (Å²) in [6.45, 7) is 4.32. The lowest BCUT2D eigenvalue weighted by molar-refractivity contribution is -0.137. The Hall–Kier alpha value is -4.69. The number of carbonyl (C=O) groups is 1. The summed E-state index contributed by atoms with van der Waals surface area (Å²) in [6.07, 6.45) is 0.810. The van der Waals surface area contributed by atoms with E-state index in [1.54, 1.807) is 36.2 Å². The number of nitrogens with zero attached hydrogens (tertiary/aromatic N) is 7. The van der Waals surface area contributed by atoms with Crippen molar-refractivity contribution in [1.82, 2.24) is 40.2 Å². The monoisotopic (exact) mass is 584 g/mol. The predicted molar refractivity (Wildman–Crippen MR) is 145 cm³/mol. The molecule has 220 valence electrons. The van der Waals surface area contributed by atoms with Crippen molar-refractivity contribution >= 4 is 23.5 Å². The van der Waals surface area contributed by atoms with E-state index in [1.807, 2.05) is 11.8 Å². The van der Waals surface area contributed by atoms with Gasteiger partial charge in [-0.2, -0.15) is 23.4 Å². The number of rotatable bonds is 6. The van der Waals surface area contributed by atoms with Crippen LogP contribution in [0.3, 0.4) is 0 Å². The van der Waals surface area contributed by atoms with Crippen LogP contribution in [0.5, 0.6) is 0 Å². The summed E-state index contributed by atoms with van der Waals surface area (Å²) in [5.41, 5.74) is 0.691. The zero-order chi connectivity index (χ0) is 29.6. The van der Waals surface area contributed by atoms with Crippen LogP contribution in [-0.4, -0.2) is 66.1 Å². The Morgan fingerprint density at radius 3 is 2.43 bits per heavy atom. The number of hydrogen-bond acceptors (Lipinski definition) is 7. The first kappa shape index (κ1) is 27.5. The molecule has 6 rings (SSSR count). The number of alkyl halides is 3. The second kappa shape index (κ2) is 10.6. The van der Waals surface area contributed by atoms with Crippen molar-refractivity contribution in [2.45, 2.75) is 51.0 Å². The third-order valence-corrected chi connectivity index (χ3v) is 7.54. The zero-order valence-electron chi connectivity index (χ0n) is 22.7. The Morgan fingerprint density at radius 2 is 1.83 bits per heavy atom. The van der Waals surface area contributed by atoms with Gasteiger partial charge in [-0.3, -0.25) is 5.10 Å². The highest BCUT2D eigenvalue weighted by Gasteiger charge is 2.44. The molecular weight excluding hydrogens is 556 g/mol. The molecule has 0 saturated carbocycles. The lowest BCUT2D eigenvalue weighted by atomic mass is 10.1. The van der Waals surface area contributed by atoms with E-state index in [4.69, 9.17) is 0 Å². The summed E-state index contributed by atoms with van der Waals surface area (Å²) in [4.78, 5) is 25.7. The van der Waals surface area contributed by atoms with Gasteiger partial charge in [-0.05, 0) is 50.5 Å². The second-order valence-corrected chi connectivity index (χ2v) is 10.6. The Bertz CT molecular complexity index is 1570. The van der Waals surface area contributed by atoms with Crippen molar-refractivity contribution in [2.75, 3.05) is 23.3 Å². The lowest BCUT2D eigenvalue weighted by Crippen LogP contribution is -2.58. The maximum Gasteiger partial charge on any atom is 0.416 e. The number of urea groups is 1. The number of carbonyl (C=O) groups excluding carboxylic acids is 1. The maximum atomic E-state index is 13.8. The van der Waals surface area contributed by atoms with Crippen LogP contribution in [0.4, 0.5) is 39.8 Å². The molecule has 2 bridgehead atoms. The minimum atomic E-state index is -4.56. The van der Waals surface area contributed by atoms with Crippen LogP contribution in [0.15, 0.2) is 48.9 Å². The standard InChI is InChI=1S/C27H28F4N10O/c1-15-7-23(38-37-15)35-22-8-18(27(29,30)31)9-25(36-22)39-13-20-4-5-21(14-39)41(20)26(42)34-16(2)17-3-6-24(32-10-17)40-12-19(28)11-33-40/h3,6-12,16,20-21H,4-5,13-14H2,1-2H3,(H,34,42)(H2,35,36,37,38)/t16-,20-,21+/m1/s1. The fourth-order valence-electron chi connectivity index (χ4n) is 5.50. The van der Waals surface area contributed by atoms with Gasteiger partial charge in [-0.25, -0.2) is 23.8 Å². The molecule has 6 heterocycles. The average molecular weight is 585 g/mol. The van der Waals surface area contributed by atoms with Gasteiger partial charge in [0, 0.05) is 31.0 Å². The smallest absolute Gasteiger partial charge is 0.352 e. The van der Waals surface area contributed by atoms with Gasteiger partial charge >= 0.3 is 12.2 Å². The van der Waals surface area contributed by atoms with Crippen molar-refractivity contribution in [3.63, 3.8) is 0 Å². The highest BCUT2D eigenvalue weighted by Crippen LogP contribution is 2.37. The normalized spacial score (nSPS) is 19.2. The largest absolute Gasteiger partial charge is 0.416 e. The molecule has 2 aliphatic rings. The molecule has 2 aliphatic heterocycles. The Balaban J connectivity index is 1.14. The number of fused-ring (bicyclic) bond motifs is 2. The predicted octanol–water partition coefficient (Wildman–Crippen LogP) is 4.72. The molecule has 3 atom stereocenters. The molecular formula is C27H28F4N10O. The highest BCUT2D eigenvalue weighted by atomic mass is 19.4. The number of halogens is 4. The van der Waals surface area contributed by atoms with E-state index in [0.29, 0.717) is 24.7 Å². The Morgan fingerprint density at radius 1 is 1.07 bits per heavy atom. The first-order valence-corrected chi connectivity index (χ1v) is 13.4. The number of aromatic nitrogens is 6. The van der Waals surface area contributed by atoms with Crippen LogP contribution >= 0.6 is 0 Å². The molecule has 0 unspecified atom stereocenters. The molecule has 2 fully saturated rings. The van der Waals surface area contributed by atoms with Gasteiger partial charge in [0.1, 0.15) is 11.6 Å². The summed E-state index contributed by atoms with van der Waals surface area (Å²) in [6, 6.07) is 6.16. The number of amides is 2. The van der Waals surface area contributed by atoms with Crippen molar-refractivity contribution in [1.29, 1.82) is 0 Å². The van der Waals surface area contributed by atoms with Crippen LogP contribution in [0.2, 0.25) is 0 Å². The van der Waals surface area contributed by atoms with Crippen molar-refractivity contribution < 1.29 is 22.4 Å². The van der Waals surface area contributed by atoms with Crippen molar-refractivity contribution in [3.8, 4) is 5.82 Å². The van der Waals surface area contributed by atoms with E-state index in [1.165, 1.54) is 10.9 Å². The fraction of sp³-hybridized carbons (Fsp3) is 0.370. The van der Waals surface area contributed by atoms with E-state index >= 15 is 0 Å². The van der Waals surface area contributed by atoms with Crippen molar-refractivity contribution in [2.24, 2.45) is 0 Å². The maximum absolute atomic E-state index is 13.8. The molecule has 4 aromatic rings. The van der Waals surface area contributed by atoms with Crippen LogP contribution in [-0.2, 0) is 6.18 Å². The third kappa shape index (κ3) is 5.58. The summed E-state index contributed by atoms with van der Waals surface area (Å²) in [5.74, 6) is 0.553. The van der Waals surface area contributed by atoms with Crippen LogP contribution in [0.25, 0.3) is 5.82 Å². The quantitative estimate of drug-likeness (QED) is 0.281. The molecule has 4 aromatic heterocycles. The highest BCUT2D eigenvalue weighted by molar-refractivity contribution is 5.76. The van der Waals surface area contributed by atoms with Gasteiger partial charge in [0.25, 0.3) is 0 Å². The minimum absolute atomic E-state index is 0.0324. The molecule has 15 heteroatoms. The number of aryl methyl sites for hydroxylation is 1. The van der Waals surface area contributed by atoms with Crippen molar-refractivity contribution in [3.05, 3.63) is 71.6 Å². The molecule has 42 heavy (non-hydrogen) atoms. The topological polar surface area (TPSA) is 120 Å². The number of anilines is 3. The third-order valence-electron chi connectivity index (χ3n) is 7.54. The van der Waals surface area contributed by atoms with Gasteiger partial charge < -0.3 is 20.4 Å². The summed E-state index contributed by atoms with van der Waals surface area (Å²) >= 11 is 0. The van der Waals surface area contributed by atoms with Gasteiger partial charge in [0.15, 0.2) is 17.5 Å². The molecule has 2 amide bonds. The van der Waals surface area contributed by atoms with Crippen LogP contribution < -0.4 is 15.5 Å². The molecule has 0 aliphatic carbocycles. The zero-order valence-corrected chi connectivity index (χ0v) is 22.7. The number of aromatic amines is 1. The van der Waals surface area contributed by atoms with E-state index in [9.17, 15) is 22.4 Å². The van der Waals surface area contributed by atoms with Gasteiger partial charge in [0.2, 0.25) is 0 Å². The summed E-state index contributed by atoms with van der Waals surface area (Å²) in [5, 5.41) is 16.5. The SMILES string of the molecule is Cc1cc(Nc2cc(C(F)(F)F)cc(N3C[C@H]4CC[C@@H](C3)N4C(=O)N[C@H](C)c3ccc(-n4cc(F)cn4)nc3)n2)n[nH]1. The van der Waals surface area contributed by atoms with Gasteiger partial charge in [0.05, 0.1) is 36.1 Å².